The van der Waals surface area contributed by atoms with Crippen molar-refractivity contribution in [1.29, 1.82) is 0 Å². The highest BCUT2D eigenvalue weighted by molar-refractivity contribution is 8.19. The van der Waals surface area contributed by atoms with Gasteiger partial charge in [-0.1, -0.05) is 30.3 Å². The van der Waals surface area contributed by atoms with Gasteiger partial charge in [0, 0.05) is 55.4 Å². The molecule has 2 aliphatic heterocycles. The van der Waals surface area contributed by atoms with Gasteiger partial charge in [-0.15, -0.1) is 23.5 Å². The lowest BCUT2D eigenvalue weighted by Crippen LogP contribution is -2.47. The van der Waals surface area contributed by atoms with E-state index in [1.165, 1.54) is 49.1 Å². The number of hydrogen-bond donors (Lipinski definition) is 0. The molecule has 2 aliphatic rings. The van der Waals surface area contributed by atoms with E-state index < -0.39 is 0 Å². The van der Waals surface area contributed by atoms with E-state index in [-0.39, 0.29) is 0 Å². The van der Waals surface area contributed by atoms with Gasteiger partial charge in [0.2, 0.25) is 0 Å². The first-order valence-corrected chi connectivity index (χ1v) is 9.28. The Bertz CT molecular complexity index is 371. The van der Waals surface area contributed by atoms with Crippen LogP contribution in [0.5, 0.6) is 0 Å². The molecule has 0 N–H and O–H groups in total. The first kappa shape index (κ1) is 13.8. The molecule has 2 nitrogen and oxygen atoms in total. The van der Waals surface area contributed by atoms with Crippen LogP contribution in [0.2, 0.25) is 0 Å². The SMILES string of the molecule is c1ccc(CN2CCN(CC3CSCS3)CC2)cc1. The fraction of sp³-hybridized carbons (Fsp3) is 0.600. The van der Waals surface area contributed by atoms with Crippen LogP contribution in [-0.4, -0.2) is 58.6 Å². The zero-order valence-corrected chi connectivity index (χ0v) is 13.0. The molecule has 19 heavy (non-hydrogen) atoms. The zero-order valence-electron chi connectivity index (χ0n) is 11.3. The van der Waals surface area contributed by atoms with Gasteiger partial charge >= 0.3 is 0 Å². The average Bonchev–Trinajstić information content (AvgIpc) is 2.95. The van der Waals surface area contributed by atoms with Gasteiger partial charge < -0.3 is 0 Å². The van der Waals surface area contributed by atoms with Gasteiger partial charge in [0.05, 0.1) is 0 Å². The molecule has 0 saturated carbocycles. The Morgan fingerprint density at radius 1 is 1.00 bits per heavy atom. The van der Waals surface area contributed by atoms with E-state index in [4.69, 9.17) is 0 Å². The molecule has 4 heteroatoms. The molecule has 2 saturated heterocycles. The number of benzene rings is 1. The number of rotatable bonds is 4. The molecule has 0 aliphatic carbocycles. The minimum absolute atomic E-state index is 0.880. The predicted octanol–water partition coefficient (Wildman–Crippen LogP) is 2.61. The largest absolute Gasteiger partial charge is 0.300 e. The standard InChI is InChI=1S/C15H22N2S2/c1-2-4-14(5-3-1)10-16-6-8-17(9-7-16)11-15-12-18-13-19-15/h1-5,15H,6-13H2. The minimum atomic E-state index is 0.880. The Morgan fingerprint density at radius 3 is 2.42 bits per heavy atom. The maximum atomic E-state index is 2.66. The molecule has 1 unspecified atom stereocenters. The number of nitrogens with zero attached hydrogens (tertiary/aromatic N) is 2. The maximum absolute atomic E-state index is 2.66. The van der Waals surface area contributed by atoms with Crippen molar-refractivity contribution in [3.63, 3.8) is 0 Å². The van der Waals surface area contributed by atoms with Crippen molar-refractivity contribution in [2.24, 2.45) is 0 Å². The second kappa shape index (κ2) is 7.02. The fourth-order valence-electron chi connectivity index (χ4n) is 2.74. The van der Waals surface area contributed by atoms with Gasteiger partial charge in [0.15, 0.2) is 0 Å². The maximum Gasteiger partial charge on any atom is 0.0396 e. The fourth-order valence-corrected chi connectivity index (χ4v) is 5.63. The van der Waals surface area contributed by atoms with Crippen LogP contribution in [-0.2, 0) is 6.54 Å². The highest BCUT2D eigenvalue weighted by atomic mass is 32.2. The molecule has 2 fully saturated rings. The second-order valence-electron chi connectivity index (χ2n) is 5.34. The van der Waals surface area contributed by atoms with Gasteiger partial charge in [0.1, 0.15) is 0 Å². The van der Waals surface area contributed by atoms with Crippen LogP contribution in [0.1, 0.15) is 5.56 Å². The van der Waals surface area contributed by atoms with Gasteiger partial charge in [-0.3, -0.25) is 9.80 Å². The van der Waals surface area contributed by atoms with Gasteiger partial charge in [-0.25, -0.2) is 0 Å². The van der Waals surface area contributed by atoms with E-state index >= 15 is 0 Å². The molecule has 0 bridgehead atoms. The number of thioether (sulfide) groups is 2. The Morgan fingerprint density at radius 2 is 1.74 bits per heavy atom. The zero-order chi connectivity index (χ0) is 12.9. The molecule has 1 aromatic rings. The van der Waals surface area contributed by atoms with E-state index in [9.17, 15) is 0 Å². The van der Waals surface area contributed by atoms with E-state index in [1.54, 1.807) is 0 Å². The van der Waals surface area contributed by atoms with Crippen molar-refractivity contribution >= 4 is 23.5 Å². The summed E-state index contributed by atoms with van der Waals surface area (Å²) in [4.78, 5) is 5.24. The van der Waals surface area contributed by atoms with Crippen LogP contribution in [0.15, 0.2) is 30.3 Å². The molecule has 2 heterocycles. The molecular formula is C15H22N2S2. The van der Waals surface area contributed by atoms with Crippen molar-refractivity contribution in [2.75, 3.05) is 43.6 Å². The Hall–Kier alpha value is -0.160. The lowest BCUT2D eigenvalue weighted by Gasteiger charge is -2.35. The lowest BCUT2D eigenvalue weighted by atomic mass is 10.2. The number of piperazine rings is 1. The molecule has 1 atom stereocenters. The van der Waals surface area contributed by atoms with Crippen LogP contribution in [0.3, 0.4) is 0 Å². The van der Waals surface area contributed by atoms with Crippen LogP contribution in [0.25, 0.3) is 0 Å². The van der Waals surface area contributed by atoms with E-state index in [0.29, 0.717) is 0 Å². The van der Waals surface area contributed by atoms with Crippen LogP contribution in [0.4, 0.5) is 0 Å². The third-order valence-electron chi connectivity index (χ3n) is 3.87. The van der Waals surface area contributed by atoms with Crippen molar-refractivity contribution in [3.05, 3.63) is 35.9 Å². The first-order chi connectivity index (χ1) is 9.40. The molecular weight excluding hydrogens is 272 g/mol. The molecule has 1 aromatic carbocycles. The van der Waals surface area contributed by atoms with Crippen LogP contribution in [0, 0.1) is 0 Å². The summed E-state index contributed by atoms with van der Waals surface area (Å²) in [5.74, 6) is 1.36. The Labute approximate surface area is 124 Å². The predicted molar refractivity (Wildman–Crippen MR) is 86.9 cm³/mol. The highest BCUT2D eigenvalue weighted by Crippen LogP contribution is 2.30. The summed E-state index contributed by atoms with van der Waals surface area (Å²) < 4.78 is 0. The summed E-state index contributed by atoms with van der Waals surface area (Å²) in [6, 6.07) is 10.8. The van der Waals surface area contributed by atoms with Gasteiger partial charge in [-0.05, 0) is 5.56 Å². The van der Waals surface area contributed by atoms with E-state index in [1.807, 2.05) is 0 Å². The molecule has 0 radical (unpaired) electrons. The minimum Gasteiger partial charge on any atom is -0.300 e. The molecule has 0 spiro atoms. The Balaban J connectivity index is 1.41. The lowest BCUT2D eigenvalue weighted by molar-refractivity contribution is 0.129. The highest BCUT2D eigenvalue weighted by Gasteiger charge is 2.22. The summed E-state index contributed by atoms with van der Waals surface area (Å²) >= 11 is 4.25. The third kappa shape index (κ3) is 4.15. The topological polar surface area (TPSA) is 6.48 Å². The normalized spacial score (nSPS) is 25.8. The monoisotopic (exact) mass is 294 g/mol. The smallest absolute Gasteiger partial charge is 0.0396 e. The third-order valence-corrected chi connectivity index (χ3v) is 6.71. The van der Waals surface area contributed by atoms with Crippen LogP contribution >= 0.6 is 23.5 Å². The van der Waals surface area contributed by atoms with E-state index in [2.05, 4.69) is 63.7 Å². The van der Waals surface area contributed by atoms with E-state index in [0.717, 1.165) is 11.8 Å². The summed E-state index contributed by atoms with van der Waals surface area (Å²) in [7, 11) is 0. The molecule has 104 valence electrons. The summed E-state index contributed by atoms with van der Waals surface area (Å²) in [6.45, 7) is 7.35. The summed E-state index contributed by atoms with van der Waals surface area (Å²) in [5.41, 5.74) is 1.44. The van der Waals surface area contributed by atoms with Crippen molar-refractivity contribution in [3.8, 4) is 0 Å². The molecule has 0 aromatic heterocycles. The summed E-state index contributed by atoms with van der Waals surface area (Å²) in [6.07, 6.45) is 0. The summed E-state index contributed by atoms with van der Waals surface area (Å²) in [5, 5.41) is 2.18. The average molecular weight is 294 g/mol. The second-order valence-corrected chi connectivity index (χ2v) is 8.02. The van der Waals surface area contributed by atoms with Gasteiger partial charge in [-0.2, -0.15) is 0 Å². The Kier molecular flexibility index (Phi) is 5.10. The first-order valence-electron chi connectivity index (χ1n) is 7.08. The van der Waals surface area contributed by atoms with Gasteiger partial charge in [0.25, 0.3) is 0 Å². The molecule has 0 amide bonds. The van der Waals surface area contributed by atoms with Crippen molar-refractivity contribution < 1.29 is 0 Å². The number of hydrogen-bond acceptors (Lipinski definition) is 4. The van der Waals surface area contributed by atoms with Crippen LogP contribution < -0.4 is 0 Å². The van der Waals surface area contributed by atoms with Crippen molar-refractivity contribution in [2.45, 2.75) is 11.8 Å². The molecule has 3 rings (SSSR count). The van der Waals surface area contributed by atoms with Crippen molar-refractivity contribution in [1.82, 2.24) is 9.80 Å². The quantitative estimate of drug-likeness (QED) is 0.842.